The van der Waals surface area contributed by atoms with Crippen LogP contribution in [0.4, 0.5) is 5.69 Å². The number of benzene rings is 3. The van der Waals surface area contributed by atoms with Crippen LogP contribution in [-0.4, -0.2) is 17.6 Å². The molecule has 0 bridgehead atoms. The molecule has 172 valence electrons. The SMILES string of the molecule is CC(C)CCOc1ccc(C(=O)NC(=S)Nc2ccccc2OCc2ccccc2)cc1Br. The maximum Gasteiger partial charge on any atom is 0.257 e. The molecule has 0 heterocycles. The van der Waals surface area contributed by atoms with Gasteiger partial charge in [0.2, 0.25) is 0 Å². The van der Waals surface area contributed by atoms with Gasteiger partial charge >= 0.3 is 0 Å². The third kappa shape index (κ3) is 7.87. The summed E-state index contributed by atoms with van der Waals surface area (Å²) in [6.07, 6.45) is 0.963. The molecule has 3 rings (SSSR count). The van der Waals surface area contributed by atoms with Crippen molar-refractivity contribution in [1.29, 1.82) is 0 Å². The molecule has 0 saturated heterocycles. The van der Waals surface area contributed by atoms with E-state index in [-0.39, 0.29) is 11.0 Å². The Labute approximate surface area is 208 Å². The predicted molar refractivity (Wildman–Crippen MR) is 140 cm³/mol. The van der Waals surface area contributed by atoms with Gasteiger partial charge in [0.05, 0.1) is 16.8 Å². The van der Waals surface area contributed by atoms with Crippen LogP contribution in [0, 0.1) is 5.92 Å². The van der Waals surface area contributed by atoms with Crippen molar-refractivity contribution < 1.29 is 14.3 Å². The Balaban J connectivity index is 1.57. The fourth-order valence-electron chi connectivity index (χ4n) is 2.92. The van der Waals surface area contributed by atoms with Gasteiger partial charge in [0, 0.05) is 5.56 Å². The van der Waals surface area contributed by atoms with Gasteiger partial charge in [0.25, 0.3) is 5.91 Å². The Morgan fingerprint density at radius 2 is 1.70 bits per heavy atom. The normalized spacial score (nSPS) is 10.5. The number of thiocarbonyl (C=S) groups is 1. The third-order valence-corrected chi connectivity index (χ3v) is 5.57. The first-order valence-electron chi connectivity index (χ1n) is 10.7. The average Bonchev–Trinajstić information content (AvgIpc) is 2.80. The molecule has 0 aliphatic carbocycles. The van der Waals surface area contributed by atoms with Gasteiger partial charge in [-0.05, 0) is 76.4 Å². The molecule has 0 aliphatic heterocycles. The van der Waals surface area contributed by atoms with Crippen molar-refractivity contribution in [2.75, 3.05) is 11.9 Å². The van der Waals surface area contributed by atoms with Crippen LogP contribution < -0.4 is 20.1 Å². The minimum Gasteiger partial charge on any atom is -0.492 e. The first kappa shape index (κ1) is 24.7. The molecule has 5 nitrogen and oxygen atoms in total. The van der Waals surface area contributed by atoms with E-state index in [2.05, 4.69) is 40.4 Å². The zero-order valence-electron chi connectivity index (χ0n) is 18.6. The Morgan fingerprint density at radius 1 is 0.970 bits per heavy atom. The number of nitrogens with one attached hydrogen (secondary N) is 2. The number of hydrogen-bond acceptors (Lipinski definition) is 4. The summed E-state index contributed by atoms with van der Waals surface area (Å²) in [5, 5.41) is 5.95. The summed E-state index contributed by atoms with van der Waals surface area (Å²) < 4.78 is 12.4. The highest BCUT2D eigenvalue weighted by Gasteiger charge is 2.13. The van der Waals surface area contributed by atoms with Crippen molar-refractivity contribution in [3.8, 4) is 11.5 Å². The minimum atomic E-state index is -0.315. The van der Waals surface area contributed by atoms with Crippen molar-refractivity contribution in [3.05, 3.63) is 88.4 Å². The summed E-state index contributed by atoms with van der Waals surface area (Å²) in [6, 6.07) is 22.6. The number of carbonyl (C=O) groups is 1. The van der Waals surface area contributed by atoms with E-state index in [1.54, 1.807) is 18.2 Å². The molecule has 3 aromatic carbocycles. The van der Waals surface area contributed by atoms with Crippen molar-refractivity contribution in [2.24, 2.45) is 5.92 Å². The maximum absolute atomic E-state index is 12.7. The molecule has 0 fully saturated rings. The van der Waals surface area contributed by atoms with E-state index >= 15 is 0 Å². The van der Waals surface area contributed by atoms with E-state index in [0.717, 1.165) is 16.5 Å². The number of amides is 1. The molecule has 7 heteroatoms. The molecular formula is C26H27BrN2O3S. The maximum atomic E-state index is 12.7. The van der Waals surface area contributed by atoms with Gasteiger partial charge in [-0.1, -0.05) is 56.3 Å². The van der Waals surface area contributed by atoms with Gasteiger partial charge in [-0.3, -0.25) is 10.1 Å². The van der Waals surface area contributed by atoms with Crippen molar-refractivity contribution in [3.63, 3.8) is 0 Å². The van der Waals surface area contributed by atoms with Crippen LogP contribution in [0.15, 0.2) is 77.3 Å². The van der Waals surface area contributed by atoms with E-state index in [4.69, 9.17) is 21.7 Å². The lowest BCUT2D eigenvalue weighted by molar-refractivity contribution is 0.0977. The van der Waals surface area contributed by atoms with Crippen LogP contribution in [-0.2, 0) is 6.61 Å². The summed E-state index contributed by atoms with van der Waals surface area (Å²) in [5.74, 6) is 1.60. The number of para-hydroxylation sites is 2. The van der Waals surface area contributed by atoms with Crippen molar-refractivity contribution in [2.45, 2.75) is 26.9 Å². The number of halogens is 1. The molecule has 2 N–H and O–H groups in total. The van der Waals surface area contributed by atoms with Crippen LogP contribution in [0.3, 0.4) is 0 Å². The molecule has 0 unspecified atom stereocenters. The van der Waals surface area contributed by atoms with Gasteiger partial charge in [-0.2, -0.15) is 0 Å². The Bertz CT molecular complexity index is 1090. The van der Waals surface area contributed by atoms with Gasteiger partial charge in [-0.25, -0.2) is 0 Å². The summed E-state index contributed by atoms with van der Waals surface area (Å²) in [6.45, 7) is 5.35. The van der Waals surface area contributed by atoms with E-state index in [1.807, 2.05) is 54.6 Å². The molecule has 0 atom stereocenters. The van der Waals surface area contributed by atoms with Crippen molar-refractivity contribution in [1.82, 2.24) is 5.32 Å². The molecule has 0 spiro atoms. The molecule has 0 aliphatic rings. The smallest absolute Gasteiger partial charge is 0.257 e. The lowest BCUT2D eigenvalue weighted by Crippen LogP contribution is -2.34. The largest absolute Gasteiger partial charge is 0.492 e. The van der Waals surface area contributed by atoms with E-state index in [1.165, 1.54) is 0 Å². The molecule has 33 heavy (non-hydrogen) atoms. The van der Waals surface area contributed by atoms with Crippen LogP contribution in [0.5, 0.6) is 11.5 Å². The molecule has 3 aromatic rings. The van der Waals surface area contributed by atoms with Gasteiger partial charge in [-0.15, -0.1) is 0 Å². The number of hydrogen-bond donors (Lipinski definition) is 2. The zero-order chi connectivity index (χ0) is 23.6. The number of anilines is 1. The highest BCUT2D eigenvalue weighted by atomic mass is 79.9. The third-order valence-electron chi connectivity index (χ3n) is 4.75. The zero-order valence-corrected chi connectivity index (χ0v) is 21.0. The van der Waals surface area contributed by atoms with Gasteiger partial charge in [0.1, 0.15) is 18.1 Å². The van der Waals surface area contributed by atoms with Crippen LogP contribution in [0.2, 0.25) is 0 Å². The van der Waals surface area contributed by atoms with Gasteiger partial charge < -0.3 is 14.8 Å². The monoisotopic (exact) mass is 526 g/mol. The fraction of sp³-hybridized carbons (Fsp3) is 0.231. The van der Waals surface area contributed by atoms with Gasteiger partial charge in [0.15, 0.2) is 5.11 Å². The predicted octanol–water partition coefficient (Wildman–Crippen LogP) is 6.58. The Hall–Kier alpha value is -2.90. The highest BCUT2D eigenvalue weighted by molar-refractivity contribution is 9.10. The standard InChI is InChI=1S/C26H27BrN2O3S/c1-18(2)14-15-31-23-13-12-20(16-21(23)27)25(30)29-26(33)28-22-10-6-7-11-24(22)32-17-19-8-4-3-5-9-19/h3-13,16,18H,14-15,17H2,1-2H3,(H2,28,29,30,33). The fourth-order valence-corrected chi connectivity index (χ4v) is 3.62. The lowest BCUT2D eigenvalue weighted by atomic mass is 10.1. The number of carbonyl (C=O) groups excluding carboxylic acids is 1. The average molecular weight is 527 g/mol. The molecule has 1 amide bonds. The summed E-state index contributed by atoms with van der Waals surface area (Å²) in [5.41, 5.74) is 2.20. The lowest BCUT2D eigenvalue weighted by Gasteiger charge is -2.15. The molecule has 0 radical (unpaired) electrons. The Kier molecular flexibility index (Phi) is 9.27. The van der Waals surface area contributed by atoms with E-state index in [0.29, 0.717) is 41.9 Å². The molecule has 0 aromatic heterocycles. The quantitative estimate of drug-likeness (QED) is 0.308. The highest BCUT2D eigenvalue weighted by Crippen LogP contribution is 2.27. The van der Waals surface area contributed by atoms with Crippen molar-refractivity contribution >= 4 is 44.9 Å². The van der Waals surface area contributed by atoms with E-state index in [9.17, 15) is 4.79 Å². The summed E-state index contributed by atoms with van der Waals surface area (Å²) in [7, 11) is 0. The van der Waals surface area contributed by atoms with Crippen LogP contribution in [0.25, 0.3) is 0 Å². The molecule has 0 saturated carbocycles. The van der Waals surface area contributed by atoms with E-state index < -0.39 is 0 Å². The topological polar surface area (TPSA) is 59.6 Å². The second kappa shape index (κ2) is 12.4. The first-order valence-corrected chi connectivity index (χ1v) is 11.9. The molecular weight excluding hydrogens is 500 g/mol. The minimum absolute atomic E-state index is 0.184. The van der Waals surface area contributed by atoms with Crippen LogP contribution in [0.1, 0.15) is 36.2 Å². The Morgan fingerprint density at radius 3 is 2.42 bits per heavy atom. The summed E-state index contributed by atoms with van der Waals surface area (Å²) in [4.78, 5) is 12.7. The number of ether oxygens (including phenoxy) is 2. The summed E-state index contributed by atoms with van der Waals surface area (Å²) >= 11 is 8.83. The first-order chi connectivity index (χ1) is 15.9. The second-order valence-electron chi connectivity index (χ2n) is 7.85. The van der Waals surface area contributed by atoms with Crippen LogP contribution >= 0.6 is 28.1 Å². The second-order valence-corrected chi connectivity index (χ2v) is 9.12. The number of rotatable bonds is 9.